The van der Waals surface area contributed by atoms with E-state index in [4.69, 9.17) is 5.11 Å². The van der Waals surface area contributed by atoms with E-state index < -0.39 is 27.8 Å². The molecule has 1 heterocycles. The molecule has 2 amide bonds. The highest BCUT2D eigenvalue weighted by Crippen LogP contribution is 2.30. The Kier molecular flexibility index (Phi) is 5.23. The summed E-state index contributed by atoms with van der Waals surface area (Å²) in [5, 5.41) is 11.1. The maximum Gasteiger partial charge on any atom is 0.303 e. The molecule has 0 unspecified atom stereocenters. The summed E-state index contributed by atoms with van der Waals surface area (Å²) in [7, 11) is -3.90. The van der Waals surface area contributed by atoms with Crippen molar-refractivity contribution in [3.63, 3.8) is 0 Å². The predicted molar refractivity (Wildman–Crippen MR) is 84.2 cm³/mol. The van der Waals surface area contributed by atoms with Gasteiger partial charge in [0.2, 0.25) is 0 Å². The second-order valence-electron chi connectivity index (χ2n) is 5.29. The van der Waals surface area contributed by atoms with Crippen LogP contribution >= 0.6 is 0 Å². The van der Waals surface area contributed by atoms with Crippen LogP contribution < -0.4 is 5.32 Å². The molecular formula is C15H18N2O6S. The SMILES string of the molecule is CCN1C(=O)c2ccc(C(=O)NCCCCC(=O)O)cc2S1(=O)=O. The van der Waals surface area contributed by atoms with Gasteiger partial charge in [0.15, 0.2) is 0 Å². The summed E-state index contributed by atoms with van der Waals surface area (Å²) in [4.78, 5) is 34.3. The maximum atomic E-state index is 12.3. The number of aliphatic carboxylic acids is 1. The van der Waals surface area contributed by atoms with Gasteiger partial charge in [0.25, 0.3) is 21.8 Å². The van der Waals surface area contributed by atoms with Crippen LogP contribution in [0.1, 0.15) is 46.9 Å². The molecule has 1 aromatic rings. The molecule has 1 aliphatic heterocycles. The van der Waals surface area contributed by atoms with Crippen molar-refractivity contribution in [1.82, 2.24) is 9.62 Å². The van der Waals surface area contributed by atoms with Crippen molar-refractivity contribution >= 4 is 27.8 Å². The van der Waals surface area contributed by atoms with Gasteiger partial charge in [0.1, 0.15) is 4.90 Å². The quantitative estimate of drug-likeness (QED) is 0.700. The molecule has 24 heavy (non-hydrogen) atoms. The van der Waals surface area contributed by atoms with Crippen molar-refractivity contribution < 1.29 is 27.9 Å². The van der Waals surface area contributed by atoms with Crippen LogP contribution in [0.15, 0.2) is 23.1 Å². The van der Waals surface area contributed by atoms with Crippen molar-refractivity contribution in [2.24, 2.45) is 0 Å². The number of nitrogens with zero attached hydrogens (tertiary/aromatic N) is 1. The Morgan fingerprint density at radius 3 is 2.58 bits per heavy atom. The summed E-state index contributed by atoms with van der Waals surface area (Å²) < 4.78 is 25.3. The number of carbonyl (C=O) groups excluding carboxylic acids is 2. The third-order valence-electron chi connectivity index (χ3n) is 3.66. The van der Waals surface area contributed by atoms with Gasteiger partial charge in [0.05, 0.1) is 5.56 Å². The Morgan fingerprint density at radius 1 is 1.25 bits per heavy atom. The molecular weight excluding hydrogens is 336 g/mol. The zero-order chi connectivity index (χ0) is 17.9. The van der Waals surface area contributed by atoms with Crippen molar-refractivity contribution in [2.45, 2.75) is 31.1 Å². The van der Waals surface area contributed by atoms with Gasteiger partial charge in [-0.15, -0.1) is 0 Å². The molecule has 0 spiro atoms. The number of hydrogen-bond donors (Lipinski definition) is 2. The van der Waals surface area contributed by atoms with Crippen LogP contribution in [-0.2, 0) is 14.8 Å². The van der Waals surface area contributed by atoms with Crippen LogP contribution in [0.3, 0.4) is 0 Å². The lowest BCUT2D eigenvalue weighted by atomic mass is 10.1. The first kappa shape index (κ1) is 17.9. The number of carboxylic acids is 1. The molecule has 0 atom stereocenters. The number of carboxylic acid groups (broad SMARTS) is 1. The highest BCUT2D eigenvalue weighted by atomic mass is 32.2. The van der Waals surface area contributed by atoms with Crippen molar-refractivity contribution in [3.05, 3.63) is 29.3 Å². The molecule has 2 rings (SSSR count). The molecule has 0 aliphatic carbocycles. The number of unbranched alkanes of at least 4 members (excludes halogenated alkanes) is 1. The number of hydrogen-bond acceptors (Lipinski definition) is 5. The monoisotopic (exact) mass is 354 g/mol. The summed E-state index contributed by atoms with van der Waals surface area (Å²) >= 11 is 0. The topological polar surface area (TPSA) is 121 Å². The molecule has 2 N–H and O–H groups in total. The summed E-state index contributed by atoms with van der Waals surface area (Å²) in [5.41, 5.74) is 0.205. The van der Waals surface area contributed by atoms with Crippen molar-refractivity contribution in [2.75, 3.05) is 13.1 Å². The number of sulfonamides is 1. The third-order valence-corrected chi connectivity index (χ3v) is 5.56. The zero-order valence-corrected chi connectivity index (χ0v) is 13.9. The zero-order valence-electron chi connectivity index (χ0n) is 13.1. The standard InChI is InChI=1S/C15H18N2O6S/c1-2-17-15(21)11-7-6-10(9-12(11)24(17,22)23)14(20)16-8-4-3-5-13(18)19/h6-7,9H,2-5,8H2,1H3,(H,16,20)(H,18,19). The third kappa shape index (κ3) is 3.40. The Labute approximate surface area is 139 Å². The fourth-order valence-electron chi connectivity index (χ4n) is 2.43. The van der Waals surface area contributed by atoms with E-state index >= 15 is 0 Å². The fraction of sp³-hybridized carbons (Fsp3) is 0.400. The maximum absolute atomic E-state index is 12.3. The summed E-state index contributed by atoms with van der Waals surface area (Å²) in [5.74, 6) is -1.95. The molecule has 8 nitrogen and oxygen atoms in total. The lowest BCUT2D eigenvalue weighted by Gasteiger charge is -2.11. The Morgan fingerprint density at radius 2 is 1.96 bits per heavy atom. The fourth-order valence-corrected chi connectivity index (χ4v) is 4.04. The number of benzene rings is 1. The van der Waals surface area contributed by atoms with Crippen LogP contribution in [0.25, 0.3) is 0 Å². The largest absolute Gasteiger partial charge is 0.481 e. The summed E-state index contributed by atoms with van der Waals surface area (Å²) in [6.45, 7) is 1.88. The van der Waals surface area contributed by atoms with Crippen LogP contribution in [0.2, 0.25) is 0 Å². The number of amides is 2. The Hall–Kier alpha value is -2.42. The first-order valence-electron chi connectivity index (χ1n) is 7.50. The molecule has 0 aromatic heterocycles. The first-order chi connectivity index (χ1) is 11.3. The van der Waals surface area contributed by atoms with E-state index in [1.54, 1.807) is 6.92 Å². The minimum atomic E-state index is -3.90. The lowest BCUT2D eigenvalue weighted by Crippen LogP contribution is -2.29. The van der Waals surface area contributed by atoms with Gasteiger partial charge in [-0.05, 0) is 38.0 Å². The summed E-state index contributed by atoms with van der Waals surface area (Å²) in [6, 6.07) is 3.94. The van der Waals surface area contributed by atoms with E-state index in [-0.39, 0.29) is 35.5 Å². The van der Waals surface area contributed by atoms with E-state index in [1.165, 1.54) is 18.2 Å². The minimum absolute atomic E-state index is 0.0287. The van der Waals surface area contributed by atoms with Gasteiger partial charge < -0.3 is 10.4 Å². The first-order valence-corrected chi connectivity index (χ1v) is 8.94. The van der Waals surface area contributed by atoms with Gasteiger partial charge in [-0.2, -0.15) is 0 Å². The molecule has 9 heteroatoms. The van der Waals surface area contributed by atoms with Crippen LogP contribution in [0.5, 0.6) is 0 Å². The number of nitrogens with one attached hydrogen (secondary N) is 1. The molecule has 0 saturated carbocycles. The Balaban J connectivity index is 2.08. The van der Waals surface area contributed by atoms with E-state index in [2.05, 4.69) is 5.32 Å². The smallest absolute Gasteiger partial charge is 0.303 e. The molecule has 1 aliphatic rings. The lowest BCUT2D eigenvalue weighted by molar-refractivity contribution is -0.137. The van der Waals surface area contributed by atoms with Gasteiger partial charge in [-0.25, -0.2) is 12.7 Å². The van der Waals surface area contributed by atoms with E-state index in [0.29, 0.717) is 12.8 Å². The van der Waals surface area contributed by atoms with Gasteiger partial charge in [-0.3, -0.25) is 14.4 Å². The molecule has 130 valence electrons. The second kappa shape index (κ2) is 7.00. The molecule has 1 aromatic carbocycles. The Bertz CT molecular complexity index is 787. The molecule has 0 bridgehead atoms. The van der Waals surface area contributed by atoms with Crippen LogP contribution in [-0.4, -0.2) is 48.7 Å². The molecule has 0 radical (unpaired) electrons. The highest BCUT2D eigenvalue weighted by molar-refractivity contribution is 7.90. The highest BCUT2D eigenvalue weighted by Gasteiger charge is 2.40. The van der Waals surface area contributed by atoms with E-state index in [9.17, 15) is 22.8 Å². The molecule has 0 saturated heterocycles. The normalized spacial score (nSPS) is 15.2. The van der Waals surface area contributed by atoms with Crippen LogP contribution in [0, 0.1) is 0 Å². The number of fused-ring (bicyclic) bond motifs is 1. The second-order valence-corrected chi connectivity index (χ2v) is 7.12. The predicted octanol–water partition coefficient (Wildman–Crippen LogP) is 0.836. The average molecular weight is 354 g/mol. The summed E-state index contributed by atoms with van der Waals surface area (Å²) in [6.07, 6.45) is 0.972. The van der Waals surface area contributed by atoms with Crippen molar-refractivity contribution in [1.29, 1.82) is 0 Å². The number of rotatable bonds is 7. The van der Waals surface area contributed by atoms with Crippen molar-refractivity contribution in [3.8, 4) is 0 Å². The van der Waals surface area contributed by atoms with Gasteiger partial charge >= 0.3 is 5.97 Å². The van der Waals surface area contributed by atoms with E-state index in [1.807, 2.05) is 0 Å². The number of carbonyl (C=O) groups is 3. The minimum Gasteiger partial charge on any atom is -0.481 e. The van der Waals surface area contributed by atoms with Gasteiger partial charge in [-0.1, -0.05) is 0 Å². The average Bonchev–Trinajstić information content (AvgIpc) is 2.72. The van der Waals surface area contributed by atoms with E-state index in [0.717, 1.165) is 4.31 Å². The molecule has 0 fully saturated rings. The van der Waals surface area contributed by atoms with Crippen LogP contribution in [0.4, 0.5) is 0 Å². The van der Waals surface area contributed by atoms with Gasteiger partial charge in [0, 0.05) is 25.1 Å².